The van der Waals surface area contributed by atoms with E-state index in [4.69, 9.17) is 10.00 Å². The van der Waals surface area contributed by atoms with Gasteiger partial charge in [-0.25, -0.2) is 8.78 Å². The Hall–Kier alpha value is -2.00. The molecule has 0 aliphatic carbocycles. The molecule has 1 saturated heterocycles. The van der Waals surface area contributed by atoms with Gasteiger partial charge >= 0.3 is 0 Å². The Labute approximate surface area is 121 Å². The van der Waals surface area contributed by atoms with Crippen LogP contribution in [0.3, 0.4) is 0 Å². The molecule has 21 heavy (non-hydrogen) atoms. The van der Waals surface area contributed by atoms with Crippen LogP contribution in [0.5, 0.6) is 0 Å². The van der Waals surface area contributed by atoms with Crippen LogP contribution < -0.4 is 5.32 Å². The number of nitrogens with one attached hydrogen (secondary N) is 1. The number of carbonyl (C=O) groups is 1. The van der Waals surface area contributed by atoms with Crippen molar-refractivity contribution in [2.45, 2.75) is 38.3 Å². The Bertz CT molecular complexity index is 585. The van der Waals surface area contributed by atoms with Crippen molar-refractivity contribution in [2.24, 2.45) is 0 Å². The SMILES string of the molecule is CC1(C)C[C@@H](NC(=O)c2cc(F)c(C#N)c(F)c2)CCO1. The summed E-state index contributed by atoms with van der Waals surface area (Å²) >= 11 is 0. The van der Waals surface area contributed by atoms with Crippen LogP contribution in [0.4, 0.5) is 8.78 Å². The molecule has 1 amide bonds. The monoisotopic (exact) mass is 294 g/mol. The maximum atomic E-state index is 13.5. The second-order valence-corrected chi connectivity index (χ2v) is 5.70. The number of carbonyl (C=O) groups excluding carboxylic acids is 1. The second-order valence-electron chi connectivity index (χ2n) is 5.70. The lowest BCUT2D eigenvalue weighted by Crippen LogP contribution is -2.45. The van der Waals surface area contributed by atoms with Gasteiger partial charge < -0.3 is 10.1 Å². The summed E-state index contributed by atoms with van der Waals surface area (Å²) in [5, 5.41) is 11.4. The highest BCUT2D eigenvalue weighted by molar-refractivity contribution is 5.94. The van der Waals surface area contributed by atoms with E-state index in [2.05, 4.69) is 5.32 Å². The van der Waals surface area contributed by atoms with Crippen molar-refractivity contribution in [3.8, 4) is 6.07 Å². The average Bonchev–Trinajstić information content (AvgIpc) is 2.37. The highest BCUT2D eigenvalue weighted by Crippen LogP contribution is 2.24. The number of nitrogens with zero attached hydrogens (tertiary/aromatic N) is 1. The molecule has 1 aliphatic rings. The lowest BCUT2D eigenvalue weighted by molar-refractivity contribution is -0.0615. The van der Waals surface area contributed by atoms with Crippen molar-refractivity contribution in [1.82, 2.24) is 5.32 Å². The fraction of sp³-hybridized carbons (Fsp3) is 0.467. The molecule has 1 heterocycles. The third-order valence-corrected chi connectivity index (χ3v) is 3.45. The van der Waals surface area contributed by atoms with Crippen LogP contribution in [-0.4, -0.2) is 24.2 Å². The van der Waals surface area contributed by atoms with Gasteiger partial charge in [0.2, 0.25) is 0 Å². The molecule has 0 aromatic heterocycles. The zero-order valence-electron chi connectivity index (χ0n) is 11.9. The first-order valence-corrected chi connectivity index (χ1v) is 6.66. The van der Waals surface area contributed by atoms with Crippen molar-refractivity contribution < 1.29 is 18.3 Å². The van der Waals surface area contributed by atoms with E-state index >= 15 is 0 Å². The van der Waals surface area contributed by atoms with Gasteiger partial charge in [0.1, 0.15) is 23.3 Å². The predicted molar refractivity (Wildman–Crippen MR) is 71.6 cm³/mol. The molecule has 4 nitrogen and oxygen atoms in total. The second kappa shape index (κ2) is 5.78. The van der Waals surface area contributed by atoms with Crippen LogP contribution in [0.25, 0.3) is 0 Å². The molecule has 0 bridgehead atoms. The molecule has 1 aromatic carbocycles. The molecule has 1 fully saturated rings. The van der Waals surface area contributed by atoms with Gasteiger partial charge in [0.25, 0.3) is 5.91 Å². The molecule has 2 rings (SSSR count). The van der Waals surface area contributed by atoms with Crippen LogP contribution in [0, 0.1) is 23.0 Å². The summed E-state index contributed by atoms with van der Waals surface area (Å²) in [5.74, 6) is -2.62. The van der Waals surface area contributed by atoms with E-state index < -0.39 is 23.1 Å². The average molecular weight is 294 g/mol. The van der Waals surface area contributed by atoms with E-state index in [0.717, 1.165) is 12.1 Å². The number of hydrogen-bond acceptors (Lipinski definition) is 3. The minimum atomic E-state index is -1.03. The van der Waals surface area contributed by atoms with Crippen LogP contribution >= 0.6 is 0 Å². The molecule has 0 spiro atoms. The van der Waals surface area contributed by atoms with Gasteiger partial charge in [-0.1, -0.05) is 0 Å². The lowest BCUT2D eigenvalue weighted by atomic mass is 9.93. The zero-order chi connectivity index (χ0) is 15.6. The quantitative estimate of drug-likeness (QED) is 0.911. The van der Waals surface area contributed by atoms with Crippen molar-refractivity contribution in [1.29, 1.82) is 5.26 Å². The number of ether oxygens (including phenoxy) is 1. The standard InChI is InChI=1S/C15H16F2N2O2/c1-15(2)7-10(3-4-21-15)19-14(20)9-5-12(16)11(8-18)13(17)6-9/h5-6,10H,3-4,7H2,1-2H3,(H,19,20)/t10-/m0/s1. The highest BCUT2D eigenvalue weighted by atomic mass is 19.1. The molecule has 6 heteroatoms. The Kier molecular flexibility index (Phi) is 4.24. The molecular weight excluding hydrogens is 278 g/mol. The summed E-state index contributed by atoms with van der Waals surface area (Å²) in [6, 6.07) is 3.07. The molecule has 112 valence electrons. The third kappa shape index (κ3) is 3.56. The molecule has 1 aromatic rings. The number of halogens is 2. The summed E-state index contributed by atoms with van der Waals surface area (Å²) in [7, 11) is 0. The van der Waals surface area contributed by atoms with Crippen molar-refractivity contribution in [2.75, 3.05) is 6.61 Å². The smallest absolute Gasteiger partial charge is 0.251 e. The van der Waals surface area contributed by atoms with Crippen LogP contribution in [0.2, 0.25) is 0 Å². The molecule has 0 saturated carbocycles. The van der Waals surface area contributed by atoms with Gasteiger partial charge in [-0.15, -0.1) is 0 Å². The van der Waals surface area contributed by atoms with Crippen molar-refractivity contribution in [3.05, 3.63) is 34.9 Å². The van der Waals surface area contributed by atoms with Gasteiger partial charge in [-0.3, -0.25) is 4.79 Å². The van der Waals surface area contributed by atoms with Gasteiger partial charge in [0.15, 0.2) is 0 Å². The molecule has 1 atom stereocenters. The predicted octanol–water partition coefficient (Wildman–Crippen LogP) is 2.52. The minimum Gasteiger partial charge on any atom is -0.375 e. The van der Waals surface area contributed by atoms with Gasteiger partial charge in [-0.2, -0.15) is 5.26 Å². The maximum Gasteiger partial charge on any atom is 0.251 e. The van der Waals surface area contributed by atoms with E-state index in [1.54, 1.807) is 0 Å². The minimum absolute atomic E-state index is 0.108. The topological polar surface area (TPSA) is 62.1 Å². The highest BCUT2D eigenvalue weighted by Gasteiger charge is 2.30. The largest absolute Gasteiger partial charge is 0.375 e. The number of nitriles is 1. The fourth-order valence-electron chi connectivity index (χ4n) is 2.43. The first-order valence-electron chi connectivity index (χ1n) is 6.66. The van der Waals surface area contributed by atoms with Crippen molar-refractivity contribution >= 4 is 5.91 Å². The summed E-state index contributed by atoms with van der Waals surface area (Å²) < 4.78 is 32.6. The molecule has 1 aliphatic heterocycles. The maximum absolute atomic E-state index is 13.5. The first-order chi connectivity index (χ1) is 9.82. The van der Waals surface area contributed by atoms with E-state index in [1.165, 1.54) is 6.07 Å². The van der Waals surface area contributed by atoms with E-state index in [-0.39, 0.29) is 17.2 Å². The van der Waals surface area contributed by atoms with E-state index in [1.807, 2.05) is 13.8 Å². The molecule has 0 unspecified atom stereocenters. The number of rotatable bonds is 2. The first kappa shape index (κ1) is 15.4. The van der Waals surface area contributed by atoms with E-state index in [9.17, 15) is 13.6 Å². The molecule has 1 N–H and O–H groups in total. The Morgan fingerprint density at radius 1 is 1.43 bits per heavy atom. The van der Waals surface area contributed by atoms with Gasteiger partial charge in [0, 0.05) is 18.2 Å². The van der Waals surface area contributed by atoms with E-state index in [0.29, 0.717) is 19.4 Å². The fourth-order valence-corrected chi connectivity index (χ4v) is 2.43. The normalized spacial score (nSPS) is 20.6. The Balaban J connectivity index is 2.13. The van der Waals surface area contributed by atoms with Crippen LogP contribution in [-0.2, 0) is 4.74 Å². The van der Waals surface area contributed by atoms with Gasteiger partial charge in [0.05, 0.1) is 5.60 Å². The Morgan fingerprint density at radius 3 is 2.57 bits per heavy atom. The number of amides is 1. The number of hydrogen-bond donors (Lipinski definition) is 1. The van der Waals surface area contributed by atoms with Crippen LogP contribution in [0.15, 0.2) is 12.1 Å². The zero-order valence-corrected chi connectivity index (χ0v) is 11.9. The Morgan fingerprint density at radius 2 is 2.05 bits per heavy atom. The van der Waals surface area contributed by atoms with Crippen LogP contribution in [0.1, 0.15) is 42.6 Å². The lowest BCUT2D eigenvalue weighted by Gasteiger charge is -2.35. The van der Waals surface area contributed by atoms with Gasteiger partial charge in [-0.05, 0) is 38.8 Å². The summed E-state index contributed by atoms with van der Waals surface area (Å²) in [4.78, 5) is 12.1. The molecular formula is C15H16F2N2O2. The summed E-state index contributed by atoms with van der Waals surface area (Å²) in [5.41, 5.74) is -1.15. The molecule has 0 radical (unpaired) electrons. The summed E-state index contributed by atoms with van der Waals surface area (Å²) in [6.45, 7) is 4.37. The van der Waals surface area contributed by atoms with Crippen molar-refractivity contribution in [3.63, 3.8) is 0 Å². The summed E-state index contributed by atoms with van der Waals surface area (Å²) in [6.07, 6.45) is 1.27. The third-order valence-electron chi connectivity index (χ3n) is 3.45. The number of benzene rings is 1.